The van der Waals surface area contributed by atoms with E-state index in [1.54, 1.807) is 18.3 Å². The molecule has 0 saturated carbocycles. The summed E-state index contributed by atoms with van der Waals surface area (Å²) in [6.45, 7) is 5.01. The van der Waals surface area contributed by atoms with Crippen molar-refractivity contribution >= 4 is 5.91 Å². The smallest absolute Gasteiger partial charge is 0.223 e. The lowest BCUT2D eigenvalue weighted by Gasteiger charge is -2.16. The summed E-state index contributed by atoms with van der Waals surface area (Å²) >= 11 is 0. The lowest BCUT2D eigenvalue weighted by atomic mass is 10.3. The quantitative estimate of drug-likeness (QED) is 0.738. The summed E-state index contributed by atoms with van der Waals surface area (Å²) in [6.07, 6.45) is 7.01. The molecule has 2 rings (SSSR count). The van der Waals surface area contributed by atoms with Crippen LogP contribution in [0, 0.1) is 0 Å². The normalized spacial score (nSPS) is 18.7. The van der Waals surface area contributed by atoms with Gasteiger partial charge in [0.05, 0.1) is 6.54 Å². The third kappa shape index (κ3) is 3.29. The molecule has 5 nitrogen and oxygen atoms in total. The summed E-state index contributed by atoms with van der Waals surface area (Å²) in [5.41, 5.74) is 0. The fourth-order valence-electron chi connectivity index (χ4n) is 1.95. The van der Waals surface area contributed by atoms with Gasteiger partial charge in [0, 0.05) is 31.6 Å². The standard InChI is InChI=1S/C13H17N3O2/c1-2-3-4-13(17)16-8-6-11(9-16)18-12-5-7-14-10-15-12/h2,5,7,10-11H,1,3-4,6,8-9H2/t11-/m1/s1. The van der Waals surface area contributed by atoms with Crippen molar-refractivity contribution in [3.05, 3.63) is 31.2 Å². The van der Waals surface area contributed by atoms with Gasteiger partial charge < -0.3 is 9.64 Å². The fourth-order valence-corrected chi connectivity index (χ4v) is 1.95. The molecule has 1 saturated heterocycles. The molecular weight excluding hydrogens is 230 g/mol. The van der Waals surface area contributed by atoms with Crippen LogP contribution in [0.4, 0.5) is 0 Å². The molecule has 2 heterocycles. The lowest BCUT2D eigenvalue weighted by Crippen LogP contribution is -2.30. The summed E-state index contributed by atoms with van der Waals surface area (Å²) in [5, 5.41) is 0. The average Bonchev–Trinajstić information content (AvgIpc) is 2.86. The van der Waals surface area contributed by atoms with Gasteiger partial charge in [-0.3, -0.25) is 4.79 Å². The van der Waals surface area contributed by atoms with Gasteiger partial charge in [-0.2, -0.15) is 0 Å². The zero-order valence-corrected chi connectivity index (χ0v) is 10.3. The number of amides is 1. The zero-order chi connectivity index (χ0) is 12.8. The molecule has 0 radical (unpaired) electrons. The Morgan fingerprint density at radius 1 is 1.67 bits per heavy atom. The lowest BCUT2D eigenvalue weighted by molar-refractivity contribution is -0.130. The highest BCUT2D eigenvalue weighted by atomic mass is 16.5. The second-order valence-corrected chi connectivity index (χ2v) is 4.24. The Kier molecular flexibility index (Phi) is 4.28. The van der Waals surface area contributed by atoms with Crippen molar-refractivity contribution in [2.24, 2.45) is 0 Å². The van der Waals surface area contributed by atoms with E-state index in [-0.39, 0.29) is 12.0 Å². The predicted molar refractivity (Wildman–Crippen MR) is 67.1 cm³/mol. The Morgan fingerprint density at radius 3 is 3.28 bits per heavy atom. The van der Waals surface area contributed by atoms with Gasteiger partial charge in [0.2, 0.25) is 11.8 Å². The summed E-state index contributed by atoms with van der Waals surface area (Å²) in [7, 11) is 0. The Bertz CT molecular complexity index is 408. The Hall–Kier alpha value is -1.91. The summed E-state index contributed by atoms with van der Waals surface area (Å²) < 4.78 is 5.70. The van der Waals surface area contributed by atoms with E-state index in [2.05, 4.69) is 16.5 Å². The van der Waals surface area contributed by atoms with Gasteiger partial charge in [0.1, 0.15) is 12.4 Å². The first-order chi connectivity index (χ1) is 8.79. The number of allylic oxidation sites excluding steroid dienone is 1. The first-order valence-corrected chi connectivity index (χ1v) is 6.11. The summed E-state index contributed by atoms with van der Waals surface area (Å²) in [5.74, 6) is 0.735. The molecule has 0 bridgehead atoms. The molecule has 0 spiro atoms. The maximum atomic E-state index is 11.8. The minimum absolute atomic E-state index is 0.0348. The molecule has 18 heavy (non-hydrogen) atoms. The zero-order valence-electron chi connectivity index (χ0n) is 10.3. The second-order valence-electron chi connectivity index (χ2n) is 4.24. The number of ether oxygens (including phenoxy) is 1. The van der Waals surface area contributed by atoms with E-state index < -0.39 is 0 Å². The average molecular weight is 247 g/mol. The number of nitrogens with zero attached hydrogens (tertiary/aromatic N) is 3. The van der Waals surface area contributed by atoms with Gasteiger partial charge in [0.25, 0.3) is 0 Å². The predicted octanol–water partition coefficient (Wildman–Crippen LogP) is 1.42. The molecule has 1 fully saturated rings. The van der Waals surface area contributed by atoms with E-state index in [0.717, 1.165) is 19.4 Å². The van der Waals surface area contributed by atoms with Crippen molar-refractivity contribution in [3.63, 3.8) is 0 Å². The van der Waals surface area contributed by atoms with E-state index in [1.807, 2.05) is 4.90 Å². The molecule has 96 valence electrons. The SMILES string of the molecule is C=CCCC(=O)N1CC[C@@H](Oc2ccncn2)C1. The van der Waals surface area contributed by atoms with Crippen molar-refractivity contribution in [3.8, 4) is 5.88 Å². The first kappa shape index (κ1) is 12.5. The maximum Gasteiger partial charge on any atom is 0.223 e. The van der Waals surface area contributed by atoms with Crippen LogP contribution in [0.1, 0.15) is 19.3 Å². The molecule has 0 aliphatic carbocycles. The molecule has 0 unspecified atom stereocenters. The molecule has 1 aliphatic rings. The second kappa shape index (κ2) is 6.14. The Morgan fingerprint density at radius 2 is 2.56 bits per heavy atom. The molecule has 1 atom stereocenters. The Labute approximate surface area is 106 Å². The van der Waals surface area contributed by atoms with E-state index in [9.17, 15) is 4.79 Å². The number of carbonyl (C=O) groups excluding carboxylic acids is 1. The molecule has 1 aliphatic heterocycles. The van der Waals surface area contributed by atoms with E-state index in [1.165, 1.54) is 6.33 Å². The fraction of sp³-hybridized carbons (Fsp3) is 0.462. The number of hydrogen-bond donors (Lipinski definition) is 0. The third-order valence-electron chi connectivity index (χ3n) is 2.90. The van der Waals surface area contributed by atoms with Gasteiger partial charge in [-0.15, -0.1) is 6.58 Å². The number of rotatable bonds is 5. The van der Waals surface area contributed by atoms with Gasteiger partial charge in [-0.25, -0.2) is 9.97 Å². The van der Waals surface area contributed by atoms with Crippen molar-refractivity contribution in [2.45, 2.75) is 25.4 Å². The van der Waals surface area contributed by atoms with Gasteiger partial charge in [0.15, 0.2) is 0 Å². The van der Waals surface area contributed by atoms with Crippen LogP contribution in [0.15, 0.2) is 31.2 Å². The van der Waals surface area contributed by atoms with Crippen LogP contribution in [0.5, 0.6) is 5.88 Å². The largest absolute Gasteiger partial charge is 0.472 e. The maximum absolute atomic E-state index is 11.8. The number of carbonyl (C=O) groups is 1. The highest BCUT2D eigenvalue weighted by Gasteiger charge is 2.27. The number of likely N-dealkylation sites (tertiary alicyclic amines) is 1. The molecule has 1 aromatic rings. The van der Waals surface area contributed by atoms with Crippen molar-refractivity contribution in [2.75, 3.05) is 13.1 Å². The minimum Gasteiger partial charge on any atom is -0.472 e. The van der Waals surface area contributed by atoms with Crippen LogP contribution >= 0.6 is 0 Å². The molecular formula is C13H17N3O2. The van der Waals surface area contributed by atoms with Crippen molar-refractivity contribution in [1.82, 2.24) is 14.9 Å². The van der Waals surface area contributed by atoms with Gasteiger partial charge in [-0.05, 0) is 6.42 Å². The van der Waals surface area contributed by atoms with Crippen molar-refractivity contribution < 1.29 is 9.53 Å². The number of aromatic nitrogens is 2. The highest BCUT2D eigenvalue weighted by Crippen LogP contribution is 2.16. The van der Waals surface area contributed by atoms with Crippen LogP contribution in [0.2, 0.25) is 0 Å². The highest BCUT2D eigenvalue weighted by molar-refractivity contribution is 5.76. The molecule has 1 amide bonds. The van der Waals surface area contributed by atoms with Crippen LogP contribution in [0.3, 0.4) is 0 Å². The van der Waals surface area contributed by atoms with E-state index in [0.29, 0.717) is 18.8 Å². The molecule has 1 aromatic heterocycles. The molecule has 0 N–H and O–H groups in total. The van der Waals surface area contributed by atoms with Crippen LogP contribution < -0.4 is 4.74 Å². The van der Waals surface area contributed by atoms with Crippen LogP contribution in [-0.2, 0) is 4.79 Å². The van der Waals surface area contributed by atoms with Crippen molar-refractivity contribution in [1.29, 1.82) is 0 Å². The third-order valence-corrected chi connectivity index (χ3v) is 2.90. The molecule has 0 aromatic carbocycles. The monoisotopic (exact) mass is 247 g/mol. The van der Waals surface area contributed by atoms with Gasteiger partial charge >= 0.3 is 0 Å². The first-order valence-electron chi connectivity index (χ1n) is 6.11. The van der Waals surface area contributed by atoms with Gasteiger partial charge in [-0.1, -0.05) is 6.08 Å². The topological polar surface area (TPSA) is 55.3 Å². The van der Waals surface area contributed by atoms with E-state index in [4.69, 9.17) is 4.74 Å². The molecule has 5 heteroatoms. The Balaban J connectivity index is 1.81. The van der Waals surface area contributed by atoms with E-state index >= 15 is 0 Å². The minimum atomic E-state index is 0.0348. The van der Waals surface area contributed by atoms with Crippen LogP contribution in [0.25, 0.3) is 0 Å². The summed E-state index contributed by atoms with van der Waals surface area (Å²) in [4.78, 5) is 21.5. The van der Waals surface area contributed by atoms with Crippen LogP contribution in [-0.4, -0.2) is 40.0 Å². The number of hydrogen-bond acceptors (Lipinski definition) is 4. The summed E-state index contributed by atoms with van der Waals surface area (Å²) in [6, 6.07) is 1.72.